The molecule has 0 amide bonds. The summed E-state index contributed by atoms with van der Waals surface area (Å²) in [4.78, 5) is 11.0. The van der Waals surface area contributed by atoms with Gasteiger partial charge in [0.05, 0.1) is 18.6 Å². The Kier molecular flexibility index (Phi) is 5.42. The minimum absolute atomic E-state index is 0.0949. The lowest BCUT2D eigenvalue weighted by Crippen LogP contribution is -2.30. The van der Waals surface area contributed by atoms with Crippen molar-refractivity contribution in [2.75, 3.05) is 12.4 Å². The van der Waals surface area contributed by atoms with E-state index in [0.29, 0.717) is 5.75 Å². The van der Waals surface area contributed by atoms with Crippen LogP contribution in [-0.4, -0.2) is 45.0 Å². The number of rotatable bonds is 5. The largest absolute Gasteiger partial charge is 0.481 e. The first kappa shape index (κ1) is 12.8. The fourth-order valence-electron chi connectivity index (χ4n) is 1.87. The molecule has 0 aromatic carbocycles. The van der Waals surface area contributed by atoms with Gasteiger partial charge >= 0.3 is 5.97 Å². The van der Waals surface area contributed by atoms with Crippen LogP contribution in [0.2, 0.25) is 0 Å². The summed E-state index contributed by atoms with van der Waals surface area (Å²) in [6.07, 6.45) is 2.96. The van der Waals surface area contributed by atoms with Crippen molar-refractivity contribution < 1.29 is 20.1 Å². The summed E-state index contributed by atoms with van der Waals surface area (Å²) in [6.45, 7) is -0.253. The van der Waals surface area contributed by atoms with E-state index in [9.17, 15) is 9.90 Å². The zero-order chi connectivity index (χ0) is 11.3. The van der Waals surface area contributed by atoms with Gasteiger partial charge in [0, 0.05) is 11.0 Å². The Labute approximate surface area is 93.7 Å². The van der Waals surface area contributed by atoms with E-state index in [0.717, 1.165) is 25.7 Å². The van der Waals surface area contributed by atoms with Gasteiger partial charge in [-0.15, -0.1) is 0 Å². The number of carboxylic acids is 1. The molecule has 88 valence electrons. The van der Waals surface area contributed by atoms with E-state index >= 15 is 0 Å². The van der Waals surface area contributed by atoms with Gasteiger partial charge in [-0.3, -0.25) is 4.79 Å². The summed E-state index contributed by atoms with van der Waals surface area (Å²) in [5, 5.41) is 27.0. The summed E-state index contributed by atoms with van der Waals surface area (Å²) in [5.41, 5.74) is 0. The number of hydrogen-bond donors (Lipinski definition) is 3. The SMILES string of the molecule is O=C(O)C1CCCCC1SCC(O)CO. The van der Waals surface area contributed by atoms with Gasteiger partial charge in [0.25, 0.3) is 0 Å². The van der Waals surface area contributed by atoms with Gasteiger partial charge < -0.3 is 15.3 Å². The highest BCUT2D eigenvalue weighted by atomic mass is 32.2. The molecule has 0 bridgehead atoms. The zero-order valence-corrected chi connectivity index (χ0v) is 9.45. The van der Waals surface area contributed by atoms with Gasteiger partial charge in [-0.1, -0.05) is 12.8 Å². The number of aliphatic hydroxyl groups excluding tert-OH is 2. The van der Waals surface area contributed by atoms with E-state index in [-0.39, 0.29) is 17.8 Å². The quantitative estimate of drug-likeness (QED) is 0.653. The van der Waals surface area contributed by atoms with Crippen LogP contribution in [0.15, 0.2) is 0 Å². The number of aliphatic hydroxyl groups is 2. The highest BCUT2D eigenvalue weighted by molar-refractivity contribution is 8.00. The van der Waals surface area contributed by atoms with Gasteiger partial charge in [-0.25, -0.2) is 0 Å². The maximum absolute atomic E-state index is 11.0. The summed E-state index contributed by atoms with van der Waals surface area (Å²) >= 11 is 1.48. The molecule has 4 nitrogen and oxygen atoms in total. The molecule has 1 aliphatic rings. The van der Waals surface area contributed by atoms with E-state index in [1.54, 1.807) is 0 Å². The Morgan fingerprint density at radius 1 is 1.40 bits per heavy atom. The standard InChI is InChI=1S/C10H18O4S/c11-5-7(12)6-15-9-4-2-1-3-8(9)10(13)14/h7-9,11-12H,1-6H2,(H,13,14). The molecule has 3 atom stereocenters. The molecule has 1 rings (SSSR count). The molecule has 0 spiro atoms. The zero-order valence-electron chi connectivity index (χ0n) is 8.63. The third kappa shape index (κ3) is 4.01. The second-order valence-corrected chi connectivity index (χ2v) is 5.21. The van der Waals surface area contributed by atoms with E-state index in [4.69, 9.17) is 10.2 Å². The summed E-state index contributed by atoms with van der Waals surface area (Å²) < 4.78 is 0. The van der Waals surface area contributed by atoms with Crippen molar-refractivity contribution in [2.24, 2.45) is 5.92 Å². The van der Waals surface area contributed by atoms with Gasteiger partial charge in [-0.05, 0) is 12.8 Å². The first-order chi connectivity index (χ1) is 7.15. The second kappa shape index (κ2) is 6.35. The third-order valence-electron chi connectivity index (χ3n) is 2.73. The first-order valence-electron chi connectivity index (χ1n) is 5.28. The van der Waals surface area contributed by atoms with Crippen LogP contribution in [0, 0.1) is 5.92 Å². The van der Waals surface area contributed by atoms with Gasteiger partial charge in [0.2, 0.25) is 0 Å². The molecule has 0 radical (unpaired) electrons. The fraction of sp³-hybridized carbons (Fsp3) is 0.900. The molecule has 0 saturated heterocycles. The number of thioether (sulfide) groups is 1. The van der Waals surface area contributed by atoms with E-state index in [2.05, 4.69) is 0 Å². The van der Waals surface area contributed by atoms with Crippen LogP contribution >= 0.6 is 11.8 Å². The smallest absolute Gasteiger partial charge is 0.307 e. The number of carboxylic acid groups (broad SMARTS) is 1. The Balaban J connectivity index is 2.39. The highest BCUT2D eigenvalue weighted by Gasteiger charge is 2.31. The van der Waals surface area contributed by atoms with Crippen molar-refractivity contribution in [2.45, 2.75) is 37.0 Å². The molecule has 0 aromatic rings. The molecule has 1 fully saturated rings. The molecule has 1 saturated carbocycles. The average Bonchev–Trinajstić information content (AvgIpc) is 2.26. The van der Waals surface area contributed by atoms with Crippen molar-refractivity contribution >= 4 is 17.7 Å². The average molecular weight is 234 g/mol. The predicted octanol–water partition coefficient (Wildman–Crippen LogP) is 0.716. The summed E-state index contributed by atoms with van der Waals surface area (Å²) in [5.74, 6) is -0.592. The van der Waals surface area contributed by atoms with Crippen LogP contribution in [-0.2, 0) is 4.79 Å². The molecule has 0 aliphatic heterocycles. The lowest BCUT2D eigenvalue weighted by atomic mass is 9.89. The van der Waals surface area contributed by atoms with Crippen LogP contribution in [0.1, 0.15) is 25.7 Å². The normalized spacial score (nSPS) is 28.7. The van der Waals surface area contributed by atoms with Crippen molar-refractivity contribution in [1.29, 1.82) is 0 Å². The minimum Gasteiger partial charge on any atom is -0.481 e. The van der Waals surface area contributed by atoms with Crippen LogP contribution in [0.5, 0.6) is 0 Å². The summed E-state index contributed by atoms with van der Waals surface area (Å²) in [6, 6.07) is 0. The van der Waals surface area contributed by atoms with Gasteiger partial charge in [0.1, 0.15) is 0 Å². The Morgan fingerprint density at radius 2 is 2.07 bits per heavy atom. The first-order valence-corrected chi connectivity index (χ1v) is 6.33. The Hall–Kier alpha value is -0.260. The van der Waals surface area contributed by atoms with Crippen molar-refractivity contribution in [3.05, 3.63) is 0 Å². The van der Waals surface area contributed by atoms with E-state index < -0.39 is 12.1 Å². The third-order valence-corrected chi connectivity index (χ3v) is 4.30. The van der Waals surface area contributed by atoms with Crippen LogP contribution in [0.25, 0.3) is 0 Å². The highest BCUT2D eigenvalue weighted by Crippen LogP contribution is 2.33. The molecular formula is C10H18O4S. The molecule has 3 unspecified atom stereocenters. The van der Waals surface area contributed by atoms with Crippen LogP contribution < -0.4 is 0 Å². The molecule has 3 N–H and O–H groups in total. The van der Waals surface area contributed by atoms with Gasteiger partial charge in [0.15, 0.2) is 0 Å². The predicted molar refractivity (Wildman–Crippen MR) is 58.9 cm³/mol. The van der Waals surface area contributed by atoms with Crippen molar-refractivity contribution in [1.82, 2.24) is 0 Å². The molecule has 1 aliphatic carbocycles. The summed E-state index contributed by atoms with van der Waals surface area (Å²) in [7, 11) is 0. The maximum atomic E-state index is 11.0. The number of hydrogen-bond acceptors (Lipinski definition) is 4. The van der Waals surface area contributed by atoms with E-state index in [1.165, 1.54) is 11.8 Å². The molecule has 5 heteroatoms. The fourth-order valence-corrected chi connectivity index (χ4v) is 3.26. The Morgan fingerprint density at radius 3 is 2.67 bits per heavy atom. The molecule has 0 aromatic heterocycles. The van der Waals surface area contributed by atoms with Crippen LogP contribution in [0.3, 0.4) is 0 Å². The Bertz CT molecular complexity index is 210. The van der Waals surface area contributed by atoms with Crippen LogP contribution in [0.4, 0.5) is 0 Å². The number of carbonyl (C=O) groups is 1. The minimum atomic E-state index is -0.731. The van der Waals surface area contributed by atoms with Gasteiger partial charge in [-0.2, -0.15) is 11.8 Å². The second-order valence-electron chi connectivity index (χ2n) is 3.94. The lowest BCUT2D eigenvalue weighted by Gasteiger charge is -2.28. The lowest BCUT2D eigenvalue weighted by molar-refractivity contribution is -0.142. The molecule has 15 heavy (non-hydrogen) atoms. The molecular weight excluding hydrogens is 216 g/mol. The monoisotopic (exact) mass is 234 g/mol. The maximum Gasteiger partial charge on any atom is 0.307 e. The topological polar surface area (TPSA) is 77.8 Å². The van der Waals surface area contributed by atoms with E-state index in [1.807, 2.05) is 0 Å². The van der Waals surface area contributed by atoms with Crippen molar-refractivity contribution in [3.8, 4) is 0 Å². The number of aliphatic carboxylic acids is 1. The molecule has 0 heterocycles. The van der Waals surface area contributed by atoms with Crippen molar-refractivity contribution in [3.63, 3.8) is 0 Å².